The van der Waals surface area contributed by atoms with E-state index in [4.69, 9.17) is 22.9 Å². The van der Waals surface area contributed by atoms with Crippen LogP contribution in [0.2, 0.25) is 0 Å². The Morgan fingerprint density at radius 1 is 0.486 bits per heavy atom. The van der Waals surface area contributed by atoms with Crippen molar-refractivity contribution in [1.82, 2.24) is 37.2 Å². The summed E-state index contributed by atoms with van der Waals surface area (Å²) in [5.41, 5.74) is 23.8. The maximum absolute atomic E-state index is 14.8. The molecule has 1 saturated heterocycles. The molecule has 1 aliphatic rings. The van der Waals surface area contributed by atoms with Crippen molar-refractivity contribution in [2.24, 2.45) is 38.8 Å². The van der Waals surface area contributed by atoms with Gasteiger partial charge in [0, 0.05) is 25.9 Å². The highest BCUT2D eigenvalue weighted by molar-refractivity contribution is 5.98. The lowest BCUT2D eigenvalue weighted by Gasteiger charge is -2.28. The summed E-state index contributed by atoms with van der Waals surface area (Å²) in [6.07, 6.45) is 3.93. The fourth-order valence-electron chi connectivity index (χ4n) is 8.81. The second kappa shape index (κ2) is 29.1. The number of amides is 7. The van der Waals surface area contributed by atoms with Crippen molar-refractivity contribution in [3.8, 4) is 0 Å². The molecule has 74 heavy (non-hydrogen) atoms. The Hall–Kier alpha value is -7.77. The largest absolute Gasteiger partial charge is 0.370 e. The molecule has 1 heterocycles. The fraction of sp³-hybridized carbons (Fsp3) is 0.463. The maximum Gasteiger partial charge on any atom is 0.243 e. The molecular formula is C54H75N13O7. The first-order valence-corrected chi connectivity index (χ1v) is 25.6. The van der Waals surface area contributed by atoms with Gasteiger partial charge in [0.1, 0.15) is 36.3 Å². The van der Waals surface area contributed by atoms with Crippen LogP contribution in [0.15, 0.2) is 94.9 Å². The van der Waals surface area contributed by atoms with E-state index in [-0.39, 0.29) is 82.3 Å². The lowest BCUT2D eigenvalue weighted by atomic mass is 9.99. The molecule has 0 spiro atoms. The van der Waals surface area contributed by atoms with Crippen LogP contribution in [0.4, 0.5) is 0 Å². The van der Waals surface area contributed by atoms with Crippen molar-refractivity contribution < 1.29 is 33.6 Å². The van der Waals surface area contributed by atoms with E-state index in [0.717, 1.165) is 40.8 Å². The van der Waals surface area contributed by atoms with Gasteiger partial charge in [0.15, 0.2) is 11.9 Å². The van der Waals surface area contributed by atoms with Crippen molar-refractivity contribution >= 4 is 74.8 Å². The maximum atomic E-state index is 14.8. The summed E-state index contributed by atoms with van der Waals surface area (Å²) in [5.74, 6) is -5.32. The van der Waals surface area contributed by atoms with Crippen molar-refractivity contribution in [1.29, 1.82) is 0 Å². The number of rotatable bonds is 19. The number of hydrogen-bond acceptors (Lipinski definition) is 9. The first kappa shape index (κ1) is 57.1. The third-order valence-electron chi connectivity index (χ3n) is 12.7. The number of aliphatic imine (C=N–C) groups is 2. The van der Waals surface area contributed by atoms with Gasteiger partial charge in [-0.15, -0.1) is 0 Å². The monoisotopic (exact) mass is 1020 g/mol. The molecule has 4 aromatic carbocycles. The van der Waals surface area contributed by atoms with Crippen LogP contribution < -0.4 is 60.2 Å². The molecule has 0 bridgehead atoms. The summed E-state index contributed by atoms with van der Waals surface area (Å²) in [4.78, 5) is 109. The van der Waals surface area contributed by atoms with Crippen molar-refractivity contribution in [2.45, 2.75) is 134 Å². The minimum absolute atomic E-state index is 0.00260. The van der Waals surface area contributed by atoms with Gasteiger partial charge in [0.25, 0.3) is 0 Å². The van der Waals surface area contributed by atoms with E-state index in [1.54, 1.807) is 0 Å². The van der Waals surface area contributed by atoms with Gasteiger partial charge in [-0.3, -0.25) is 43.5 Å². The molecule has 0 saturated carbocycles. The molecule has 7 amide bonds. The van der Waals surface area contributed by atoms with Crippen molar-refractivity contribution in [3.63, 3.8) is 0 Å². The minimum atomic E-state index is -1.28. The molecule has 398 valence electrons. The second-order valence-electron chi connectivity index (χ2n) is 19.3. The number of carbonyl (C=O) groups is 7. The third-order valence-corrected chi connectivity index (χ3v) is 12.7. The highest BCUT2D eigenvalue weighted by Crippen LogP contribution is 2.20. The van der Waals surface area contributed by atoms with Gasteiger partial charge in [-0.05, 0) is 77.1 Å². The van der Waals surface area contributed by atoms with Gasteiger partial charge in [-0.25, -0.2) is 0 Å². The normalized spacial score (nSPS) is 20.7. The molecule has 4 aromatic rings. The molecule has 0 radical (unpaired) electrons. The molecule has 20 heteroatoms. The second-order valence-corrected chi connectivity index (χ2v) is 19.3. The van der Waals surface area contributed by atoms with Crippen LogP contribution in [0, 0.1) is 5.92 Å². The Bertz CT molecular complexity index is 2630. The predicted molar refractivity (Wildman–Crippen MR) is 288 cm³/mol. The Morgan fingerprint density at radius 2 is 0.892 bits per heavy atom. The van der Waals surface area contributed by atoms with Crippen LogP contribution in [-0.4, -0.2) is 109 Å². The lowest BCUT2D eigenvalue weighted by molar-refractivity contribution is -0.135. The highest BCUT2D eigenvalue weighted by atomic mass is 16.2. The van der Waals surface area contributed by atoms with Crippen molar-refractivity contribution in [3.05, 3.63) is 96.1 Å². The third kappa shape index (κ3) is 18.7. The van der Waals surface area contributed by atoms with Crippen LogP contribution >= 0.6 is 0 Å². The Labute approximate surface area is 432 Å². The molecular weight excluding hydrogens is 943 g/mol. The van der Waals surface area contributed by atoms with Crippen LogP contribution in [-0.2, 0) is 46.4 Å². The molecule has 0 unspecified atom stereocenters. The summed E-state index contributed by atoms with van der Waals surface area (Å²) in [6, 6.07) is 19.3. The van der Waals surface area contributed by atoms with E-state index >= 15 is 0 Å². The van der Waals surface area contributed by atoms with Crippen LogP contribution in [0.3, 0.4) is 0 Å². The smallest absolute Gasteiger partial charge is 0.243 e. The van der Waals surface area contributed by atoms with Gasteiger partial charge < -0.3 is 60.2 Å². The Morgan fingerprint density at radius 3 is 1.34 bits per heavy atom. The van der Waals surface area contributed by atoms with E-state index < -0.39 is 84.1 Å². The number of nitrogens with zero attached hydrogens (tertiary/aromatic N) is 2. The minimum Gasteiger partial charge on any atom is -0.370 e. The van der Waals surface area contributed by atoms with E-state index in [1.165, 1.54) is 0 Å². The summed E-state index contributed by atoms with van der Waals surface area (Å²) in [5, 5.41) is 23.4. The predicted octanol–water partition coefficient (Wildman–Crippen LogP) is 1.94. The van der Waals surface area contributed by atoms with E-state index in [1.807, 2.05) is 106 Å². The lowest BCUT2D eigenvalue weighted by Crippen LogP contribution is -2.60. The number of guanidine groups is 2. The Kier molecular flexibility index (Phi) is 22.4. The zero-order chi connectivity index (χ0) is 53.6. The van der Waals surface area contributed by atoms with Crippen molar-refractivity contribution in [2.75, 3.05) is 19.6 Å². The summed E-state index contributed by atoms with van der Waals surface area (Å²) < 4.78 is 0. The highest BCUT2D eigenvalue weighted by Gasteiger charge is 2.34. The van der Waals surface area contributed by atoms with Gasteiger partial charge >= 0.3 is 0 Å². The van der Waals surface area contributed by atoms with Crippen LogP contribution in [0.1, 0.15) is 96.1 Å². The number of fused-ring (bicyclic) bond motifs is 2. The zero-order valence-corrected chi connectivity index (χ0v) is 42.8. The fourth-order valence-corrected chi connectivity index (χ4v) is 8.81. The average Bonchev–Trinajstić information content (AvgIpc) is 3.36. The number of carbonyl (C=O) groups excluding carboxylic acids is 7. The average molecular weight is 1020 g/mol. The number of benzene rings is 4. The summed E-state index contributed by atoms with van der Waals surface area (Å²) >= 11 is 0. The molecule has 20 nitrogen and oxygen atoms in total. The molecule has 0 aromatic heterocycles. The number of nitrogens with two attached hydrogens (primary N) is 4. The SMILES string of the molecule is CCCCCC[C@H]1NC(=O)[C@H](Cc2ccc3ccccc3c2)NC(=O)[C@H](CCCN=C(N)N)NC(=O)[C@H](CC(C)C)NC(=O)CNC(=O)[C@H](Cc2ccc3ccccc3c2)NC(=O)[C@H](CCCN=C(N)N)NC1=O. The first-order chi connectivity index (χ1) is 35.5. The van der Waals surface area contributed by atoms with Gasteiger partial charge in [-0.1, -0.05) is 131 Å². The first-order valence-electron chi connectivity index (χ1n) is 25.6. The van der Waals surface area contributed by atoms with E-state index in [0.29, 0.717) is 17.5 Å². The summed E-state index contributed by atoms with van der Waals surface area (Å²) in [7, 11) is 0. The molecule has 15 N–H and O–H groups in total. The van der Waals surface area contributed by atoms with Gasteiger partial charge in [0.05, 0.1) is 6.54 Å². The number of nitrogens with one attached hydrogen (secondary N) is 7. The van der Waals surface area contributed by atoms with E-state index in [2.05, 4.69) is 47.2 Å². The Balaban J connectivity index is 1.58. The molecule has 1 aliphatic heterocycles. The topological polar surface area (TPSA) is 332 Å². The quantitative estimate of drug-likeness (QED) is 0.0366. The molecule has 5 rings (SSSR count). The van der Waals surface area contributed by atoms with Crippen LogP contribution in [0.25, 0.3) is 21.5 Å². The van der Waals surface area contributed by atoms with Gasteiger partial charge in [-0.2, -0.15) is 0 Å². The standard InChI is InChI=1S/C54H75N13O7/c1-4-5-6-7-18-40-48(70)63-41(19-12-25-59-53(55)56)49(71)66-44(30-34-21-23-36-14-8-10-16-38(36)28-34)47(69)61-32-46(68)62-43(27-33(2)3)51(73)65-42(20-13-26-60-54(57)58)50(72)67-45(52(74)64-40)31-35-22-24-37-15-9-11-17-39(37)29-35/h8-11,14-17,21-24,28-29,33,40-45H,4-7,12-13,18-20,25-27,30-32H2,1-3H3,(H,61,69)(H,62,68)(H,63,70)(H,64,74)(H,65,73)(H,66,71)(H,67,72)(H4,55,56,59)(H4,57,58,60)/t40-,41+,42+,43+,44+,45+/m1/s1. The zero-order valence-electron chi connectivity index (χ0n) is 42.8. The number of hydrogen-bond donors (Lipinski definition) is 11. The molecule has 1 fully saturated rings. The number of unbranched alkanes of at least 4 members (excludes halogenated alkanes) is 3. The van der Waals surface area contributed by atoms with Crippen LogP contribution in [0.5, 0.6) is 0 Å². The summed E-state index contributed by atoms with van der Waals surface area (Å²) in [6.45, 7) is 5.44. The van der Waals surface area contributed by atoms with E-state index in [9.17, 15) is 33.6 Å². The van der Waals surface area contributed by atoms with Gasteiger partial charge in [0.2, 0.25) is 41.4 Å². The molecule has 6 atom stereocenters. The molecule has 0 aliphatic carbocycles.